The molecule has 2 aromatic heterocycles. The van der Waals surface area contributed by atoms with E-state index in [4.69, 9.17) is 0 Å². The van der Waals surface area contributed by atoms with Gasteiger partial charge in [-0.05, 0) is 0 Å². The Kier molecular flexibility index (Phi) is 1.62. The van der Waals surface area contributed by atoms with Gasteiger partial charge < -0.3 is 0 Å². The summed E-state index contributed by atoms with van der Waals surface area (Å²) in [5.41, 5.74) is 0.233. The highest BCUT2D eigenvalue weighted by atomic mass is 16.1. The van der Waals surface area contributed by atoms with Gasteiger partial charge in [-0.2, -0.15) is 20.5 Å². The van der Waals surface area contributed by atoms with Crippen LogP contribution in [0.4, 0.5) is 0 Å². The number of H-pyrrole nitrogens is 1. The first-order valence-corrected chi connectivity index (χ1v) is 3.53. The van der Waals surface area contributed by atoms with Crippen molar-refractivity contribution < 1.29 is 4.79 Å². The molecule has 0 saturated heterocycles. The van der Waals surface area contributed by atoms with Crippen molar-refractivity contribution >= 4 is 5.78 Å². The summed E-state index contributed by atoms with van der Waals surface area (Å²) in [6.45, 7) is 0. The average molecular weight is 178 g/mol. The maximum absolute atomic E-state index is 11.5. The van der Waals surface area contributed by atoms with Crippen LogP contribution in [-0.2, 0) is 7.05 Å². The molecule has 0 atom stereocenters. The maximum atomic E-state index is 11.5. The molecule has 7 nitrogen and oxygen atoms in total. The highest BCUT2D eigenvalue weighted by Crippen LogP contribution is 2.00. The first-order valence-electron chi connectivity index (χ1n) is 3.53. The van der Waals surface area contributed by atoms with Gasteiger partial charge in [-0.15, -0.1) is 0 Å². The van der Waals surface area contributed by atoms with Crippen LogP contribution in [-0.4, -0.2) is 36.0 Å². The molecule has 7 heteroatoms. The Hall–Kier alpha value is -2.05. The second kappa shape index (κ2) is 2.77. The monoisotopic (exact) mass is 178 g/mol. The van der Waals surface area contributed by atoms with Gasteiger partial charge >= 0.3 is 0 Å². The standard InChI is InChI=1S/C6H6N6O/c1-12-6(7-3-9-12)5(13)4-2-8-11-10-4/h2-3H,1H3,(H,8,10,11). The van der Waals surface area contributed by atoms with E-state index in [9.17, 15) is 4.79 Å². The van der Waals surface area contributed by atoms with E-state index >= 15 is 0 Å². The van der Waals surface area contributed by atoms with Crippen LogP contribution in [0.25, 0.3) is 0 Å². The molecule has 0 aliphatic heterocycles. The molecule has 0 aliphatic rings. The second-order valence-corrected chi connectivity index (χ2v) is 2.39. The summed E-state index contributed by atoms with van der Waals surface area (Å²) in [7, 11) is 1.64. The first kappa shape index (κ1) is 7.59. The minimum atomic E-state index is -0.297. The Morgan fingerprint density at radius 1 is 1.62 bits per heavy atom. The summed E-state index contributed by atoms with van der Waals surface area (Å²) < 4.78 is 1.39. The van der Waals surface area contributed by atoms with Gasteiger partial charge in [0.1, 0.15) is 6.33 Å². The summed E-state index contributed by atoms with van der Waals surface area (Å²) in [6, 6.07) is 0. The van der Waals surface area contributed by atoms with Gasteiger partial charge in [0.25, 0.3) is 5.78 Å². The topological polar surface area (TPSA) is 89.4 Å². The molecule has 0 spiro atoms. The number of hydrogen-bond donors (Lipinski definition) is 1. The number of ketones is 1. The van der Waals surface area contributed by atoms with Gasteiger partial charge in [0.15, 0.2) is 5.69 Å². The van der Waals surface area contributed by atoms with Gasteiger partial charge in [-0.3, -0.25) is 4.79 Å². The molecule has 0 unspecified atom stereocenters. The second-order valence-electron chi connectivity index (χ2n) is 2.39. The normalized spacial score (nSPS) is 10.2. The summed E-state index contributed by atoms with van der Waals surface area (Å²) in [4.78, 5) is 15.3. The number of aryl methyl sites for hydroxylation is 1. The molecule has 0 aliphatic carbocycles. The Labute approximate surface area is 72.8 Å². The molecule has 2 aromatic rings. The Morgan fingerprint density at radius 2 is 2.46 bits per heavy atom. The van der Waals surface area contributed by atoms with Crippen LogP contribution < -0.4 is 0 Å². The van der Waals surface area contributed by atoms with Crippen molar-refractivity contribution in [2.75, 3.05) is 0 Å². The maximum Gasteiger partial charge on any atom is 0.251 e. The van der Waals surface area contributed by atoms with Crippen LogP contribution in [0.5, 0.6) is 0 Å². The van der Waals surface area contributed by atoms with Crippen molar-refractivity contribution in [2.24, 2.45) is 7.05 Å². The molecular formula is C6H6N6O. The van der Waals surface area contributed by atoms with Gasteiger partial charge in [0.2, 0.25) is 5.82 Å². The minimum Gasteiger partial charge on any atom is -0.283 e. The lowest BCUT2D eigenvalue weighted by Gasteiger charge is -1.93. The molecule has 0 amide bonds. The third kappa shape index (κ3) is 1.19. The van der Waals surface area contributed by atoms with Crippen molar-refractivity contribution in [3.05, 3.63) is 24.0 Å². The van der Waals surface area contributed by atoms with E-state index in [1.54, 1.807) is 7.05 Å². The summed E-state index contributed by atoms with van der Waals surface area (Å²) >= 11 is 0. The van der Waals surface area contributed by atoms with Crippen molar-refractivity contribution in [3.8, 4) is 0 Å². The molecule has 0 fully saturated rings. The van der Waals surface area contributed by atoms with Crippen molar-refractivity contribution in [1.29, 1.82) is 0 Å². The molecule has 0 saturated carbocycles. The minimum absolute atomic E-state index is 0.233. The van der Waals surface area contributed by atoms with E-state index in [1.165, 1.54) is 17.2 Å². The molecule has 1 N–H and O–H groups in total. The lowest BCUT2D eigenvalue weighted by Crippen LogP contribution is -2.10. The summed E-state index contributed by atoms with van der Waals surface area (Å²) in [5, 5.41) is 13.3. The lowest BCUT2D eigenvalue weighted by atomic mass is 10.3. The molecule has 66 valence electrons. The van der Waals surface area contributed by atoms with Crippen LogP contribution in [0.15, 0.2) is 12.5 Å². The first-order chi connectivity index (χ1) is 6.29. The van der Waals surface area contributed by atoms with Crippen LogP contribution in [0, 0.1) is 0 Å². The number of hydrogen-bond acceptors (Lipinski definition) is 5. The summed E-state index contributed by atoms with van der Waals surface area (Å²) in [6.07, 6.45) is 2.66. The number of nitrogens with zero attached hydrogens (tertiary/aromatic N) is 5. The number of rotatable bonds is 2. The van der Waals surface area contributed by atoms with E-state index in [-0.39, 0.29) is 17.3 Å². The predicted molar refractivity (Wildman–Crippen MR) is 40.8 cm³/mol. The molecule has 2 rings (SSSR count). The number of carbonyl (C=O) groups excluding carboxylic acids is 1. The SMILES string of the molecule is Cn1ncnc1C(=O)c1cn[nH]n1. The number of aromatic amines is 1. The molecular weight excluding hydrogens is 172 g/mol. The molecule has 0 radical (unpaired) electrons. The number of nitrogens with one attached hydrogen (secondary N) is 1. The van der Waals surface area contributed by atoms with E-state index < -0.39 is 0 Å². The van der Waals surface area contributed by atoms with E-state index in [0.29, 0.717) is 0 Å². The molecule has 0 aromatic carbocycles. The van der Waals surface area contributed by atoms with Crippen LogP contribution in [0.1, 0.15) is 16.3 Å². The van der Waals surface area contributed by atoms with Crippen molar-refractivity contribution in [3.63, 3.8) is 0 Å². The van der Waals surface area contributed by atoms with E-state index in [0.717, 1.165) is 0 Å². The third-order valence-electron chi connectivity index (χ3n) is 1.56. The van der Waals surface area contributed by atoms with Crippen LogP contribution in [0.2, 0.25) is 0 Å². The molecule has 2 heterocycles. The zero-order valence-corrected chi connectivity index (χ0v) is 6.80. The van der Waals surface area contributed by atoms with Gasteiger partial charge in [0.05, 0.1) is 6.20 Å². The average Bonchev–Trinajstić information content (AvgIpc) is 2.72. The van der Waals surface area contributed by atoms with E-state index in [1.807, 2.05) is 0 Å². The third-order valence-corrected chi connectivity index (χ3v) is 1.56. The van der Waals surface area contributed by atoms with Crippen molar-refractivity contribution in [1.82, 2.24) is 30.2 Å². The van der Waals surface area contributed by atoms with Crippen molar-refractivity contribution in [2.45, 2.75) is 0 Å². The predicted octanol–water partition coefficient (Wildman–Crippen LogP) is -0.836. The van der Waals surface area contributed by atoms with Gasteiger partial charge in [0, 0.05) is 7.05 Å². The quantitative estimate of drug-likeness (QED) is 0.606. The fourth-order valence-electron chi connectivity index (χ4n) is 0.927. The number of carbonyl (C=O) groups is 1. The zero-order valence-electron chi connectivity index (χ0n) is 6.80. The zero-order chi connectivity index (χ0) is 9.26. The van der Waals surface area contributed by atoms with Crippen LogP contribution in [0.3, 0.4) is 0 Å². The highest BCUT2D eigenvalue weighted by Gasteiger charge is 2.16. The fourth-order valence-corrected chi connectivity index (χ4v) is 0.927. The Morgan fingerprint density at radius 3 is 3.00 bits per heavy atom. The largest absolute Gasteiger partial charge is 0.283 e. The van der Waals surface area contributed by atoms with Crippen LogP contribution >= 0.6 is 0 Å². The fraction of sp³-hybridized carbons (Fsp3) is 0.167. The Bertz CT molecular complexity index is 416. The van der Waals surface area contributed by atoms with Gasteiger partial charge in [-0.25, -0.2) is 9.67 Å². The lowest BCUT2D eigenvalue weighted by molar-refractivity contribution is 0.102. The van der Waals surface area contributed by atoms with Gasteiger partial charge in [-0.1, -0.05) is 0 Å². The highest BCUT2D eigenvalue weighted by molar-refractivity contribution is 6.04. The van der Waals surface area contributed by atoms with E-state index in [2.05, 4.69) is 25.5 Å². The summed E-state index contributed by atoms with van der Waals surface area (Å²) in [5.74, 6) is -0.0531. The molecule has 0 bridgehead atoms. The Balaban J connectivity index is 2.39. The number of aromatic nitrogens is 6. The molecule has 13 heavy (non-hydrogen) atoms. The smallest absolute Gasteiger partial charge is 0.251 e.